The van der Waals surface area contributed by atoms with Crippen molar-refractivity contribution in [2.24, 2.45) is 0 Å². The van der Waals surface area contributed by atoms with Gasteiger partial charge in [-0.15, -0.1) is 0 Å². The molecule has 6 nitrogen and oxygen atoms in total. The Kier molecular flexibility index (Phi) is 5.33. The number of aromatic carboxylic acids is 1. The van der Waals surface area contributed by atoms with Gasteiger partial charge in [-0.1, -0.05) is 48.5 Å². The molecule has 1 heterocycles. The molecule has 1 aromatic carbocycles. The number of aliphatic hydroxyl groups is 1. The molecule has 0 saturated carbocycles. The largest absolute Gasteiger partial charge is 0.478 e. The number of carbonyl (C=O) groups is 2. The van der Waals surface area contributed by atoms with Crippen LogP contribution in [0.3, 0.4) is 0 Å². The minimum Gasteiger partial charge on any atom is -0.478 e. The average Bonchev–Trinajstić information content (AvgIpc) is 2.60. The SMILES string of the molecule is C=C(C(=O)OC)C(O)c1cc(C(=O)O)c(-c2ccccc2)nc1Cl. The summed E-state index contributed by atoms with van der Waals surface area (Å²) in [6, 6.07) is 9.81. The summed E-state index contributed by atoms with van der Waals surface area (Å²) < 4.78 is 4.49. The third-order valence-electron chi connectivity index (χ3n) is 3.35. The van der Waals surface area contributed by atoms with Crippen molar-refractivity contribution in [3.05, 3.63) is 64.8 Å². The lowest BCUT2D eigenvalue weighted by Gasteiger charge is -2.16. The van der Waals surface area contributed by atoms with Gasteiger partial charge in [0, 0.05) is 11.1 Å². The van der Waals surface area contributed by atoms with Gasteiger partial charge in [-0.05, 0) is 6.07 Å². The molecule has 0 aliphatic carbocycles. The highest BCUT2D eigenvalue weighted by atomic mass is 35.5. The second-order valence-corrected chi connectivity index (χ2v) is 5.21. The van der Waals surface area contributed by atoms with E-state index >= 15 is 0 Å². The lowest BCUT2D eigenvalue weighted by molar-refractivity contribution is -0.137. The lowest BCUT2D eigenvalue weighted by atomic mass is 9.99. The number of carboxylic acids is 1. The van der Waals surface area contributed by atoms with Crippen LogP contribution in [0.15, 0.2) is 48.6 Å². The molecule has 2 N–H and O–H groups in total. The van der Waals surface area contributed by atoms with Gasteiger partial charge in [0.15, 0.2) is 0 Å². The number of ether oxygens (including phenoxy) is 1. The minimum atomic E-state index is -1.53. The van der Waals surface area contributed by atoms with Crippen molar-refractivity contribution in [3.8, 4) is 11.3 Å². The fourth-order valence-electron chi connectivity index (χ4n) is 2.11. The highest BCUT2D eigenvalue weighted by Gasteiger charge is 2.25. The number of methoxy groups -OCH3 is 1. The van der Waals surface area contributed by atoms with Crippen LogP contribution < -0.4 is 0 Å². The number of hydrogen-bond donors (Lipinski definition) is 2. The van der Waals surface area contributed by atoms with E-state index in [2.05, 4.69) is 16.3 Å². The van der Waals surface area contributed by atoms with Crippen LogP contribution in [0.25, 0.3) is 11.3 Å². The highest BCUT2D eigenvalue weighted by molar-refractivity contribution is 6.30. The predicted octanol–water partition coefficient (Wildman–Crippen LogP) is 2.86. The van der Waals surface area contributed by atoms with Crippen molar-refractivity contribution in [3.63, 3.8) is 0 Å². The molecule has 0 fully saturated rings. The summed E-state index contributed by atoms with van der Waals surface area (Å²) in [4.78, 5) is 27.1. The van der Waals surface area contributed by atoms with Crippen molar-refractivity contribution >= 4 is 23.5 Å². The Balaban J connectivity index is 2.58. The molecule has 0 aliphatic rings. The van der Waals surface area contributed by atoms with Gasteiger partial charge in [-0.2, -0.15) is 0 Å². The number of rotatable bonds is 5. The van der Waals surface area contributed by atoms with E-state index in [4.69, 9.17) is 11.6 Å². The molecule has 0 aliphatic heterocycles. The van der Waals surface area contributed by atoms with Crippen molar-refractivity contribution in [2.45, 2.75) is 6.10 Å². The van der Waals surface area contributed by atoms with Crippen LogP contribution in [-0.4, -0.2) is 34.2 Å². The summed E-state index contributed by atoms with van der Waals surface area (Å²) >= 11 is 6.09. The number of carbonyl (C=O) groups excluding carboxylic acids is 1. The average molecular weight is 348 g/mol. The number of pyridine rings is 1. The van der Waals surface area contributed by atoms with Gasteiger partial charge in [0.05, 0.1) is 23.9 Å². The first-order valence-corrected chi connectivity index (χ1v) is 7.19. The first-order chi connectivity index (χ1) is 11.4. The first-order valence-electron chi connectivity index (χ1n) is 6.81. The Morgan fingerprint density at radius 2 is 1.92 bits per heavy atom. The van der Waals surface area contributed by atoms with E-state index in [1.807, 2.05) is 0 Å². The van der Waals surface area contributed by atoms with Crippen LogP contribution >= 0.6 is 11.6 Å². The molecule has 24 heavy (non-hydrogen) atoms. The number of benzene rings is 1. The van der Waals surface area contributed by atoms with Gasteiger partial charge in [0.2, 0.25) is 0 Å². The Bertz CT molecular complexity index is 804. The molecule has 1 aromatic heterocycles. The summed E-state index contributed by atoms with van der Waals surface area (Å²) in [6.07, 6.45) is -1.53. The maximum atomic E-state index is 11.6. The first kappa shape index (κ1) is 17.7. The Morgan fingerprint density at radius 1 is 1.29 bits per heavy atom. The van der Waals surface area contributed by atoms with Crippen molar-refractivity contribution < 1.29 is 24.5 Å². The number of esters is 1. The molecule has 0 saturated heterocycles. The zero-order chi connectivity index (χ0) is 17.9. The number of nitrogens with zero attached hydrogens (tertiary/aromatic N) is 1. The normalized spacial score (nSPS) is 11.6. The monoisotopic (exact) mass is 347 g/mol. The summed E-state index contributed by atoms with van der Waals surface area (Å²) in [6.45, 7) is 3.44. The molecule has 1 atom stereocenters. The Labute approximate surface area is 143 Å². The third kappa shape index (κ3) is 3.45. The van der Waals surface area contributed by atoms with E-state index in [1.54, 1.807) is 30.3 Å². The molecular formula is C17H14ClNO5. The minimum absolute atomic E-state index is 0.0378. The predicted molar refractivity (Wildman–Crippen MR) is 87.8 cm³/mol. The van der Waals surface area contributed by atoms with Crippen LogP contribution in [0, 0.1) is 0 Å². The van der Waals surface area contributed by atoms with Crippen LogP contribution in [0.5, 0.6) is 0 Å². The van der Waals surface area contributed by atoms with Crippen molar-refractivity contribution in [1.29, 1.82) is 0 Å². The number of aromatic nitrogens is 1. The van der Waals surface area contributed by atoms with E-state index in [0.29, 0.717) is 5.56 Å². The van der Waals surface area contributed by atoms with Gasteiger partial charge >= 0.3 is 11.9 Å². The molecule has 1 unspecified atom stereocenters. The van der Waals surface area contributed by atoms with E-state index in [9.17, 15) is 19.8 Å². The second-order valence-electron chi connectivity index (χ2n) is 4.86. The summed E-state index contributed by atoms with van der Waals surface area (Å²) in [5.74, 6) is -2.07. The summed E-state index contributed by atoms with van der Waals surface area (Å²) in [7, 11) is 1.14. The maximum absolute atomic E-state index is 11.6. The molecule has 0 amide bonds. The lowest BCUT2D eigenvalue weighted by Crippen LogP contribution is -2.14. The number of halogens is 1. The Hall–Kier alpha value is -2.70. The van der Waals surface area contributed by atoms with Gasteiger partial charge in [0.25, 0.3) is 0 Å². The number of carboxylic acid groups (broad SMARTS) is 1. The quantitative estimate of drug-likeness (QED) is 0.490. The molecule has 124 valence electrons. The summed E-state index contributed by atoms with van der Waals surface area (Å²) in [5.41, 5.74) is 0.254. The highest BCUT2D eigenvalue weighted by Crippen LogP contribution is 2.32. The van der Waals surface area contributed by atoms with Crippen molar-refractivity contribution in [2.75, 3.05) is 7.11 Å². The molecule has 2 aromatic rings. The van der Waals surface area contributed by atoms with E-state index in [0.717, 1.165) is 7.11 Å². The zero-order valence-electron chi connectivity index (χ0n) is 12.7. The maximum Gasteiger partial charge on any atom is 0.337 e. The molecule has 2 rings (SSSR count). The van der Waals surface area contributed by atoms with Crippen LogP contribution in [-0.2, 0) is 9.53 Å². The van der Waals surface area contributed by atoms with Crippen LogP contribution in [0.1, 0.15) is 22.0 Å². The topological polar surface area (TPSA) is 96.7 Å². The molecule has 7 heteroatoms. The van der Waals surface area contributed by atoms with Crippen LogP contribution in [0.4, 0.5) is 0 Å². The Morgan fingerprint density at radius 3 is 2.46 bits per heavy atom. The number of aliphatic hydroxyl groups excluding tert-OH is 1. The standard InChI is InChI=1S/C17H14ClNO5/c1-9(17(23)24-2)14(20)12-8-11(16(21)22)13(19-15(12)18)10-6-4-3-5-7-10/h3-8,14,20H,1H2,2H3,(H,21,22). The van der Waals surface area contributed by atoms with Crippen LogP contribution in [0.2, 0.25) is 5.15 Å². The smallest absolute Gasteiger partial charge is 0.337 e. The van der Waals surface area contributed by atoms with E-state index in [-0.39, 0.29) is 27.5 Å². The molecular weight excluding hydrogens is 334 g/mol. The molecule has 0 spiro atoms. The fourth-order valence-corrected chi connectivity index (χ4v) is 2.35. The van der Waals surface area contributed by atoms with Gasteiger partial charge < -0.3 is 14.9 Å². The number of hydrogen-bond acceptors (Lipinski definition) is 5. The molecule has 0 radical (unpaired) electrons. The van der Waals surface area contributed by atoms with Gasteiger partial charge in [-0.3, -0.25) is 0 Å². The third-order valence-corrected chi connectivity index (χ3v) is 3.66. The zero-order valence-corrected chi connectivity index (χ0v) is 13.4. The fraction of sp³-hybridized carbons (Fsp3) is 0.118. The van der Waals surface area contributed by atoms with Gasteiger partial charge in [-0.25, -0.2) is 14.6 Å². The van der Waals surface area contributed by atoms with E-state index in [1.165, 1.54) is 6.07 Å². The van der Waals surface area contributed by atoms with Gasteiger partial charge in [0.1, 0.15) is 11.3 Å². The second kappa shape index (κ2) is 7.25. The summed E-state index contributed by atoms with van der Waals surface area (Å²) in [5, 5.41) is 19.5. The van der Waals surface area contributed by atoms with E-state index < -0.39 is 18.0 Å². The van der Waals surface area contributed by atoms with Crippen molar-refractivity contribution in [1.82, 2.24) is 4.98 Å². The molecule has 0 bridgehead atoms.